The lowest BCUT2D eigenvalue weighted by atomic mass is 9.94. The summed E-state index contributed by atoms with van der Waals surface area (Å²) in [6, 6.07) is 0. The van der Waals surface area contributed by atoms with Crippen LogP contribution in [-0.4, -0.2) is 36.7 Å². The molecule has 0 heterocycles. The SMILES string of the molecule is CC(C)C(C)CC(=O)NCCOCC(=O)O. The summed E-state index contributed by atoms with van der Waals surface area (Å²) in [6.07, 6.45) is 0.497. The number of hydrogen-bond acceptors (Lipinski definition) is 3. The first kappa shape index (κ1) is 14.9. The molecule has 5 nitrogen and oxygen atoms in total. The minimum atomic E-state index is -1.00. The van der Waals surface area contributed by atoms with E-state index in [0.29, 0.717) is 24.8 Å². The topological polar surface area (TPSA) is 75.6 Å². The van der Waals surface area contributed by atoms with Gasteiger partial charge in [0.05, 0.1) is 6.61 Å². The highest BCUT2D eigenvalue weighted by Crippen LogP contribution is 2.13. The molecule has 0 aliphatic heterocycles. The average Bonchev–Trinajstić information content (AvgIpc) is 2.16. The fourth-order valence-corrected chi connectivity index (χ4v) is 1.02. The van der Waals surface area contributed by atoms with Crippen LogP contribution in [0.5, 0.6) is 0 Å². The van der Waals surface area contributed by atoms with E-state index in [9.17, 15) is 9.59 Å². The number of carboxylic acids is 1. The molecule has 0 rings (SSSR count). The molecule has 5 heteroatoms. The number of aliphatic carboxylic acids is 1. The van der Waals surface area contributed by atoms with Crippen molar-refractivity contribution in [3.05, 3.63) is 0 Å². The summed E-state index contributed by atoms with van der Waals surface area (Å²) in [5, 5.41) is 11.0. The van der Waals surface area contributed by atoms with Crippen LogP contribution in [-0.2, 0) is 14.3 Å². The molecule has 0 aromatic carbocycles. The van der Waals surface area contributed by atoms with Crippen LogP contribution >= 0.6 is 0 Å². The lowest BCUT2D eigenvalue weighted by Gasteiger charge is -2.14. The van der Waals surface area contributed by atoms with Crippen LogP contribution in [0.2, 0.25) is 0 Å². The van der Waals surface area contributed by atoms with Crippen molar-refractivity contribution in [3.8, 4) is 0 Å². The van der Waals surface area contributed by atoms with Crippen molar-refractivity contribution < 1.29 is 19.4 Å². The molecule has 0 bridgehead atoms. The van der Waals surface area contributed by atoms with Crippen molar-refractivity contribution >= 4 is 11.9 Å². The Balaban J connectivity index is 3.47. The quantitative estimate of drug-likeness (QED) is 0.608. The Morgan fingerprint density at radius 1 is 1.31 bits per heavy atom. The van der Waals surface area contributed by atoms with E-state index in [1.54, 1.807) is 0 Å². The molecule has 0 aromatic heterocycles. The van der Waals surface area contributed by atoms with Crippen molar-refractivity contribution in [2.45, 2.75) is 27.2 Å². The maximum atomic E-state index is 11.4. The Morgan fingerprint density at radius 3 is 2.44 bits per heavy atom. The second-order valence-electron chi connectivity index (χ2n) is 4.22. The number of rotatable bonds is 8. The molecule has 0 aliphatic carbocycles. The van der Waals surface area contributed by atoms with Crippen LogP contribution in [0.1, 0.15) is 27.2 Å². The zero-order valence-corrected chi connectivity index (χ0v) is 10.2. The summed E-state index contributed by atoms with van der Waals surface area (Å²) in [6.45, 7) is 6.45. The van der Waals surface area contributed by atoms with Crippen LogP contribution in [0.4, 0.5) is 0 Å². The monoisotopic (exact) mass is 231 g/mol. The maximum Gasteiger partial charge on any atom is 0.329 e. The predicted molar refractivity (Wildman–Crippen MR) is 60.1 cm³/mol. The van der Waals surface area contributed by atoms with Gasteiger partial charge in [0, 0.05) is 13.0 Å². The standard InChI is InChI=1S/C11H21NO4/c1-8(2)9(3)6-10(13)12-4-5-16-7-11(14)15/h8-9H,4-7H2,1-3H3,(H,12,13)(H,14,15). The second-order valence-corrected chi connectivity index (χ2v) is 4.22. The number of carbonyl (C=O) groups excluding carboxylic acids is 1. The van der Waals surface area contributed by atoms with Crippen molar-refractivity contribution in [1.82, 2.24) is 5.32 Å². The fraction of sp³-hybridized carbons (Fsp3) is 0.818. The van der Waals surface area contributed by atoms with Crippen LogP contribution in [0, 0.1) is 11.8 Å². The van der Waals surface area contributed by atoms with Gasteiger partial charge in [-0.3, -0.25) is 4.79 Å². The largest absolute Gasteiger partial charge is 0.480 e. The van der Waals surface area contributed by atoms with Gasteiger partial charge in [-0.2, -0.15) is 0 Å². The lowest BCUT2D eigenvalue weighted by molar-refractivity contribution is -0.142. The molecule has 0 aromatic rings. The molecule has 0 saturated heterocycles. The van der Waals surface area contributed by atoms with E-state index in [4.69, 9.17) is 9.84 Å². The molecule has 0 radical (unpaired) electrons. The zero-order chi connectivity index (χ0) is 12.6. The first-order valence-electron chi connectivity index (χ1n) is 5.49. The van der Waals surface area contributed by atoms with Gasteiger partial charge in [0.15, 0.2) is 0 Å². The Bertz CT molecular complexity index is 228. The minimum absolute atomic E-state index is 0.0138. The second kappa shape index (κ2) is 8.10. The van der Waals surface area contributed by atoms with Crippen molar-refractivity contribution in [2.75, 3.05) is 19.8 Å². The minimum Gasteiger partial charge on any atom is -0.480 e. The molecule has 2 N–H and O–H groups in total. The smallest absolute Gasteiger partial charge is 0.329 e. The molecule has 1 amide bonds. The molecule has 94 valence electrons. The van der Waals surface area contributed by atoms with Crippen LogP contribution in [0.3, 0.4) is 0 Å². The highest BCUT2D eigenvalue weighted by atomic mass is 16.5. The molecular formula is C11H21NO4. The van der Waals surface area contributed by atoms with E-state index in [1.165, 1.54) is 0 Å². The number of carbonyl (C=O) groups is 2. The van der Waals surface area contributed by atoms with Gasteiger partial charge in [-0.15, -0.1) is 0 Å². The Labute approximate surface area is 96.2 Å². The van der Waals surface area contributed by atoms with Gasteiger partial charge in [-0.05, 0) is 11.8 Å². The summed E-state index contributed by atoms with van der Waals surface area (Å²) in [5.74, 6) is -0.186. The van der Waals surface area contributed by atoms with Crippen LogP contribution in [0.25, 0.3) is 0 Å². The van der Waals surface area contributed by atoms with E-state index < -0.39 is 5.97 Å². The summed E-state index contributed by atoms with van der Waals surface area (Å²) < 4.78 is 4.78. The summed E-state index contributed by atoms with van der Waals surface area (Å²) in [7, 11) is 0. The van der Waals surface area contributed by atoms with E-state index in [1.807, 2.05) is 6.92 Å². The van der Waals surface area contributed by atoms with Gasteiger partial charge in [0.1, 0.15) is 6.61 Å². The van der Waals surface area contributed by atoms with Gasteiger partial charge in [0.25, 0.3) is 0 Å². The van der Waals surface area contributed by atoms with E-state index in [-0.39, 0.29) is 19.1 Å². The van der Waals surface area contributed by atoms with Gasteiger partial charge in [-0.25, -0.2) is 4.79 Å². The summed E-state index contributed by atoms with van der Waals surface area (Å²) in [4.78, 5) is 21.5. The molecule has 0 fully saturated rings. The first-order valence-corrected chi connectivity index (χ1v) is 5.49. The molecule has 0 spiro atoms. The van der Waals surface area contributed by atoms with Gasteiger partial charge in [-0.1, -0.05) is 20.8 Å². The maximum absolute atomic E-state index is 11.4. The number of carboxylic acid groups (broad SMARTS) is 1. The Kier molecular flexibility index (Phi) is 7.54. The average molecular weight is 231 g/mol. The number of hydrogen-bond donors (Lipinski definition) is 2. The number of nitrogens with one attached hydrogen (secondary N) is 1. The molecular weight excluding hydrogens is 210 g/mol. The number of ether oxygens (including phenoxy) is 1. The van der Waals surface area contributed by atoms with E-state index in [2.05, 4.69) is 19.2 Å². The van der Waals surface area contributed by atoms with Crippen molar-refractivity contribution in [3.63, 3.8) is 0 Å². The van der Waals surface area contributed by atoms with Gasteiger partial charge >= 0.3 is 5.97 Å². The molecule has 0 aliphatic rings. The Morgan fingerprint density at radius 2 is 1.94 bits per heavy atom. The fourth-order valence-electron chi connectivity index (χ4n) is 1.02. The third-order valence-corrected chi connectivity index (χ3v) is 2.44. The van der Waals surface area contributed by atoms with E-state index in [0.717, 1.165) is 0 Å². The summed E-state index contributed by atoms with van der Waals surface area (Å²) in [5.41, 5.74) is 0. The molecule has 1 atom stereocenters. The van der Waals surface area contributed by atoms with E-state index >= 15 is 0 Å². The summed E-state index contributed by atoms with van der Waals surface area (Å²) >= 11 is 0. The third kappa shape index (κ3) is 8.23. The van der Waals surface area contributed by atoms with Crippen molar-refractivity contribution in [2.24, 2.45) is 11.8 Å². The predicted octanol–water partition coefficient (Wildman–Crippen LogP) is 0.886. The molecule has 0 saturated carbocycles. The number of amides is 1. The normalized spacial score (nSPS) is 12.5. The zero-order valence-electron chi connectivity index (χ0n) is 10.2. The molecule has 1 unspecified atom stereocenters. The third-order valence-electron chi connectivity index (χ3n) is 2.44. The van der Waals surface area contributed by atoms with Crippen LogP contribution < -0.4 is 5.32 Å². The van der Waals surface area contributed by atoms with Crippen molar-refractivity contribution in [1.29, 1.82) is 0 Å². The van der Waals surface area contributed by atoms with Gasteiger partial charge in [0.2, 0.25) is 5.91 Å². The molecule has 16 heavy (non-hydrogen) atoms. The highest BCUT2D eigenvalue weighted by molar-refractivity contribution is 5.76. The Hall–Kier alpha value is -1.10. The van der Waals surface area contributed by atoms with Gasteiger partial charge < -0.3 is 15.2 Å². The highest BCUT2D eigenvalue weighted by Gasteiger charge is 2.11. The first-order chi connectivity index (χ1) is 7.43. The van der Waals surface area contributed by atoms with Crippen LogP contribution in [0.15, 0.2) is 0 Å². The lowest BCUT2D eigenvalue weighted by Crippen LogP contribution is -2.29.